The van der Waals surface area contributed by atoms with Gasteiger partial charge in [-0.05, 0) is 12.1 Å². The summed E-state index contributed by atoms with van der Waals surface area (Å²) in [5.74, 6) is -0.505. The van der Waals surface area contributed by atoms with Crippen LogP contribution in [-0.2, 0) is 0 Å². The topological polar surface area (TPSA) is 110 Å². The fourth-order valence-electron chi connectivity index (χ4n) is 1.36. The molecular weight excluding hydrogens is 222 g/mol. The Morgan fingerprint density at radius 3 is 2.65 bits per heavy atom. The first kappa shape index (κ1) is 10.8. The van der Waals surface area contributed by atoms with Crippen molar-refractivity contribution in [2.24, 2.45) is 5.73 Å². The van der Waals surface area contributed by atoms with E-state index >= 15 is 0 Å². The quantitative estimate of drug-likeness (QED) is 0.597. The van der Waals surface area contributed by atoms with E-state index < -0.39 is 11.9 Å². The molecular formula is C10H9N5O2. The van der Waals surface area contributed by atoms with Crippen molar-refractivity contribution in [2.45, 2.75) is 0 Å². The Labute approximate surface area is 96.0 Å². The lowest BCUT2D eigenvalue weighted by Crippen LogP contribution is -2.44. The van der Waals surface area contributed by atoms with E-state index in [9.17, 15) is 9.59 Å². The van der Waals surface area contributed by atoms with Crippen LogP contribution in [0.5, 0.6) is 0 Å². The molecule has 0 radical (unpaired) electrons. The standard InChI is InChI=1S/C10H9N5O2/c11-10(17)15-14-9(16)6-2-1-3-7-8(6)13-5-4-12-7/h1-5H,(H,14,16)(H3,11,15,17). The number of urea groups is 1. The van der Waals surface area contributed by atoms with E-state index in [4.69, 9.17) is 5.73 Å². The SMILES string of the molecule is NC(=O)NNC(=O)c1cccc2nccnc12. The number of rotatable bonds is 1. The summed E-state index contributed by atoms with van der Waals surface area (Å²) in [4.78, 5) is 30.3. The van der Waals surface area contributed by atoms with Crippen LogP contribution in [-0.4, -0.2) is 21.9 Å². The number of carbonyl (C=O) groups excluding carboxylic acids is 2. The van der Waals surface area contributed by atoms with Gasteiger partial charge in [-0.3, -0.25) is 20.2 Å². The number of hydrogen-bond donors (Lipinski definition) is 3. The van der Waals surface area contributed by atoms with Crippen molar-refractivity contribution in [1.82, 2.24) is 20.8 Å². The maximum absolute atomic E-state index is 11.7. The summed E-state index contributed by atoms with van der Waals surface area (Å²) < 4.78 is 0. The number of nitrogens with zero attached hydrogens (tertiary/aromatic N) is 2. The molecule has 0 bridgehead atoms. The lowest BCUT2D eigenvalue weighted by molar-refractivity contribution is 0.0939. The van der Waals surface area contributed by atoms with Gasteiger partial charge in [0.1, 0.15) is 5.52 Å². The third-order valence-electron chi connectivity index (χ3n) is 2.04. The van der Waals surface area contributed by atoms with Gasteiger partial charge in [0.25, 0.3) is 5.91 Å². The molecule has 0 aliphatic heterocycles. The number of nitrogens with two attached hydrogens (primary N) is 1. The van der Waals surface area contributed by atoms with Crippen LogP contribution in [0, 0.1) is 0 Å². The fourth-order valence-corrected chi connectivity index (χ4v) is 1.36. The second-order valence-electron chi connectivity index (χ2n) is 3.17. The monoisotopic (exact) mass is 231 g/mol. The molecule has 1 aromatic carbocycles. The van der Waals surface area contributed by atoms with Gasteiger partial charge in [-0.1, -0.05) is 6.07 Å². The third-order valence-corrected chi connectivity index (χ3v) is 2.04. The molecule has 1 heterocycles. The molecule has 1 aromatic heterocycles. The predicted octanol–water partition coefficient (Wildman–Crippen LogP) is -0.0571. The first-order valence-electron chi connectivity index (χ1n) is 4.74. The van der Waals surface area contributed by atoms with Crippen LogP contribution < -0.4 is 16.6 Å². The molecule has 86 valence electrons. The normalized spacial score (nSPS) is 9.88. The van der Waals surface area contributed by atoms with Crippen LogP contribution in [0.2, 0.25) is 0 Å². The van der Waals surface area contributed by atoms with Gasteiger partial charge in [0.15, 0.2) is 0 Å². The molecule has 17 heavy (non-hydrogen) atoms. The van der Waals surface area contributed by atoms with Crippen molar-refractivity contribution in [3.05, 3.63) is 36.2 Å². The zero-order valence-corrected chi connectivity index (χ0v) is 8.68. The van der Waals surface area contributed by atoms with E-state index in [1.54, 1.807) is 18.2 Å². The number of carbonyl (C=O) groups is 2. The van der Waals surface area contributed by atoms with Crippen LogP contribution in [0.15, 0.2) is 30.6 Å². The van der Waals surface area contributed by atoms with E-state index in [2.05, 4.69) is 15.4 Å². The molecule has 0 atom stereocenters. The van der Waals surface area contributed by atoms with Gasteiger partial charge in [-0.25, -0.2) is 10.2 Å². The zero-order valence-electron chi connectivity index (χ0n) is 8.68. The van der Waals surface area contributed by atoms with E-state index in [-0.39, 0.29) is 0 Å². The van der Waals surface area contributed by atoms with Gasteiger partial charge in [0.2, 0.25) is 0 Å². The summed E-state index contributed by atoms with van der Waals surface area (Å²) in [6, 6.07) is 4.15. The molecule has 7 heteroatoms. The molecule has 0 saturated carbocycles. The minimum atomic E-state index is -0.843. The van der Waals surface area contributed by atoms with Crippen LogP contribution >= 0.6 is 0 Å². The molecule has 2 aromatic rings. The van der Waals surface area contributed by atoms with Gasteiger partial charge < -0.3 is 5.73 Å². The highest BCUT2D eigenvalue weighted by Crippen LogP contribution is 2.13. The number of amides is 3. The van der Waals surface area contributed by atoms with Crippen LogP contribution in [0.25, 0.3) is 11.0 Å². The highest BCUT2D eigenvalue weighted by Gasteiger charge is 2.11. The lowest BCUT2D eigenvalue weighted by atomic mass is 10.1. The molecule has 0 saturated heterocycles. The van der Waals surface area contributed by atoms with E-state index in [1.807, 2.05) is 5.43 Å². The van der Waals surface area contributed by atoms with Gasteiger partial charge in [0.05, 0.1) is 11.1 Å². The van der Waals surface area contributed by atoms with Crippen molar-refractivity contribution in [3.63, 3.8) is 0 Å². The van der Waals surface area contributed by atoms with Gasteiger partial charge in [-0.15, -0.1) is 0 Å². The summed E-state index contributed by atoms with van der Waals surface area (Å²) in [5, 5.41) is 0. The summed E-state index contributed by atoms with van der Waals surface area (Å²) in [6.07, 6.45) is 3.02. The number of aromatic nitrogens is 2. The molecule has 0 aliphatic rings. The number of para-hydroxylation sites is 1. The highest BCUT2D eigenvalue weighted by atomic mass is 16.2. The summed E-state index contributed by atoms with van der Waals surface area (Å²) >= 11 is 0. The van der Waals surface area contributed by atoms with E-state index in [0.717, 1.165) is 0 Å². The number of fused-ring (bicyclic) bond motifs is 1. The molecule has 7 nitrogen and oxygen atoms in total. The largest absolute Gasteiger partial charge is 0.350 e. The van der Waals surface area contributed by atoms with Crippen molar-refractivity contribution in [3.8, 4) is 0 Å². The lowest BCUT2D eigenvalue weighted by Gasteiger charge is -2.06. The fraction of sp³-hybridized carbons (Fsp3) is 0. The van der Waals surface area contributed by atoms with Gasteiger partial charge in [0, 0.05) is 12.4 Å². The Morgan fingerprint density at radius 1 is 1.12 bits per heavy atom. The third kappa shape index (κ3) is 2.28. The van der Waals surface area contributed by atoms with Gasteiger partial charge in [-0.2, -0.15) is 0 Å². The number of primary amides is 1. The Morgan fingerprint density at radius 2 is 1.88 bits per heavy atom. The number of hydrogen-bond acceptors (Lipinski definition) is 4. The second kappa shape index (κ2) is 4.44. The van der Waals surface area contributed by atoms with Crippen LogP contribution in [0.3, 0.4) is 0 Å². The van der Waals surface area contributed by atoms with Crippen LogP contribution in [0.4, 0.5) is 4.79 Å². The summed E-state index contributed by atoms with van der Waals surface area (Å²) in [7, 11) is 0. The van der Waals surface area contributed by atoms with Crippen molar-refractivity contribution >= 4 is 23.0 Å². The minimum absolute atomic E-state index is 0.310. The number of nitrogens with one attached hydrogen (secondary N) is 2. The smallest absolute Gasteiger partial charge is 0.330 e. The maximum atomic E-state index is 11.7. The molecule has 2 rings (SSSR count). The molecule has 3 amide bonds. The summed E-state index contributed by atoms with van der Waals surface area (Å²) in [5.41, 5.74) is 10.4. The Hall–Kier alpha value is -2.70. The minimum Gasteiger partial charge on any atom is -0.350 e. The average Bonchev–Trinajstić information content (AvgIpc) is 2.35. The zero-order chi connectivity index (χ0) is 12.3. The average molecular weight is 231 g/mol. The van der Waals surface area contributed by atoms with Crippen molar-refractivity contribution in [2.75, 3.05) is 0 Å². The summed E-state index contributed by atoms with van der Waals surface area (Å²) in [6.45, 7) is 0. The van der Waals surface area contributed by atoms with E-state index in [0.29, 0.717) is 16.6 Å². The molecule has 4 N–H and O–H groups in total. The Balaban J connectivity index is 2.35. The van der Waals surface area contributed by atoms with Crippen molar-refractivity contribution in [1.29, 1.82) is 0 Å². The first-order chi connectivity index (χ1) is 8.18. The number of hydrazine groups is 1. The maximum Gasteiger partial charge on any atom is 0.330 e. The Bertz CT molecular complexity index is 578. The Kier molecular flexibility index (Phi) is 2.82. The van der Waals surface area contributed by atoms with Crippen LogP contribution in [0.1, 0.15) is 10.4 Å². The molecule has 0 aliphatic carbocycles. The van der Waals surface area contributed by atoms with Crippen molar-refractivity contribution < 1.29 is 9.59 Å². The number of benzene rings is 1. The highest BCUT2D eigenvalue weighted by molar-refractivity contribution is 6.04. The predicted molar refractivity (Wildman–Crippen MR) is 59.7 cm³/mol. The first-order valence-corrected chi connectivity index (χ1v) is 4.74. The van der Waals surface area contributed by atoms with E-state index in [1.165, 1.54) is 12.4 Å². The molecule has 0 spiro atoms. The second-order valence-corrected chi connectivity index (χ2v) is 3.17. The molecule has 0 fully saturated rings. The van der Waals surface area contributed by atoms with Gasteiger partial charge >= 0.3 is 6.03 Å². The molecule has 0 unspecified atom stereocenters.